The number of nitrogens with zero attached hydrogens (tertiary/aromatic N) is 3. The Labute approximate surface area is 102 Å². The van der Waals surface area contributed by atoms with Crippen LogP contribution in [0.4, 0.5) is 10.1 Å². The number of aryl methyl sites for hydroxylation is 1. The summed E-state index contributed by atoms with van der Waals surface area (Å²) in [6.07, 6.45) is 1.31. The molecule has 0 aliphatic rings. The van der Waals surface area contributed by atoms with Crippen LogP contribution < -0.4 is 5.73 Å². The van der Waals surface area contributed by atoms with Gasteiger partial charge in [-0.05, 0) is 24.6 Å². The molecule has 0 spiro atoms. The summed E-state index contributed by atoms with van der Waals surface area (Å²) in [7, 11) is 1.24. The summed E-state index contributed by atoms with van der Waals surface area (Å²) < 4.78 is 19.1. The largest absolute Gasteiger partial charge is 0.463 e. The van der Waals surface area contributed by atoms with Gasteiger partial charge in [0.2, 0.25) is 0 Å². The summed E-state index contributed by atoms with van der Waals surface area (Å²) in [4.78, 5) is 15.0. The Kier molecular flexibility index (Phi) is 2.97. The zero-order chi connectivity index (χ0) is 13.3. The van der Waals surface area contributed by atoms with E-state index in [2.05, 4.69) is 14.8 Å². The minimum absolute atomic E-state index is 0.0844. The molecule has 0 fully saturated rings. The van der Waals surface area contributed by atoms with E-state index < -0.39 is 11.8 Å². The van der Waals surface area contributed by atoms with Gasteiger partial charge in [-0.1, -0.05) is 0 Å². The smallest absolute Gasteiger partial charge is 0.377 e. The fourth-order valence-corrected chi connectivity index (χ4v) is 1.44. The monoisotopic (exact) mass is 250 g/mol. The number of ether oxygens (including phenoxy) is 1. The number of nitrogen functional groups attached to an aromatic ring is 1. The third kappa shape index (κ3) is 2.02. The maximum atomic E-state index is 13.3. The van der Waals surface area contributed by atoms with E-state index >= 15 is 0 Å². The number of hydrogen-bond acceptors (Lipinski definition) is 5. The molecule has 0 aliphatic carbocycles. The van der Waals surface area contributed by atoms with Crippen molar-refractivity contribution in [2.45, 2.75) is 6.92 Å². The van der Waals surface area contributed by atoms with Crippen LogP contribution in [-0.4, -0.2) is 27.8 Å². The highest BCUT2D eigenvalue weighted by molar-refractivity contribution is 5.84. The van der Waals surface area contributed by atoms with Crippen molar-refractivity contribution >= 4 is 11.7 Å². The molecular weight excluding hydrogens is 239 g/mol. The van der Waals surface area contributed by atoms with Gasteiger partial charge in [0, 0.05) is 0 Å². The summed E-state index contributed by atoms with van der Waals surface area (Å²) in [5, 5.41) is 3.91. The second kappa shape index (κ2) is 4.44. The predicted molar refractivity (Wildman–Crippen MR) is 61.8 cm³/mol. The summed E-state index contributed by atoms with van der Waals surface area (Å²) in [6.45, 7) is 1.61. The average Bonchev–Trinajstić information content (AvgIpc) is 2.82. The highest BCUT2D eigenvalue weighted by atomic mass is 19.1. The second-order valence-electron chi connectivity index (χ2n) is 3.66. The summed E-state index contributed by atoms with van der Waals surface area (Å²) in [5.41, 5.74) is 6.78. The normalized spacial score (nSPS) is 10.4. The third-order valence-corrected chi connectivity index (χ3v) is 2.41. The molecule has 0 aliphatic heterocycles. The maximum absolute atomic E-state index is 13.3. The Morgan fingerprint density at radius 3 is 2.89 bits per heavy atom. The Hall–Kier alpha value is -2.44. The summed E-state index contributed by atoms with van der Waals surface area (Å²) in [5.74, 6) is -1.13. The zero-order valence-corrected chi connectivity index (χ0v) is 9.85. The Morgan fingerprint density at radius 2 is 2.22 bits per heavy atom. The molecule has 94 valence electrons. The SMILES string of the molecule is COC(=O)c1ncn(-c2cc(C)c(F)cc2N)n1. The lowest BCUT2D eigenvalue weighted by Gasteiger charge is -2.06. The topological polar surface area (TPSA) is 83.0 Å². The molecule has 0 saturated carbocycles. The number of aromatic nitrogens is 3. The van der Waals surface area contributed by atoms with Gasteiger partial charge in [-0.15, -0.1) is 5.10 Å². The van der Waals surface area contributed by atoms with E-state index in [1.807, 2.05) is 0 Å². The molecule has 1 aromatic heterocycles. The standard InChI is InChI=1S/C11H11FN4O2/c1-6-3-9(8(13)4-7(6)12)16-5-14-10(15-16)11(17)18-2/h3-5H,13H2,1-2H3. The van der Waals surface area contributed by atoms with Crippen molar-refractivity contribution in [1.82, 2.24) is 14.8 Å². The van der Waals surface area contributed by atoms with Crippen LogP contribution in [0.5, 0.6) is 0 Å². The van der Waals surface area contributed by atoms with Crippen LogP contribution in [0, 0.1) is 12.7 Å². The van der Waals surface area contributed by atoms with Gasteiger partial charge in [-0.3, -0.25) is 0 Å². The number of methoxy groups -OCH3 is 1. The van der Waals surface area contributed by atoms with Crippen molar-refractivity contribution in [2.24, 2.45) is 0 Å². The molecule has 7 heteroatoms. The van der Waals surface area contributed by atoms with Gasteiger partial charge in [0.15, 0.2) is 0 Å². The maximum Gasteiger partial charge on any atom is 0.377 e. The molecule has 1 heterocycles. The Bertz CT molecular complexity index is 609. The highest BCUT2D eigenvalue weighted by Gasteiger charge is 2.14. The number of rotatable bonds is 2. The van der Waals surface area contributed by atoms with Crippen LogP contribution in [0.15, 0.2) is 18.5 Å². The van der Waals surface area contributed by atoms with Crippen molar-refractivity contribution < 1.29 is 13.9 Å². The minimum atomic E-state index is -0.647. The first-order chi connectivity index (χ1) is 8.52. The Morgan fingerprint density at radius 1 is 1.50 bits per heavy atom. The highest BCUT2D eigenvalue weighted by Crippen LogP contribution is 2.20. The van der Waals surface area contributed by atoms with E-state index in [9.17, 15) is 9.18 Å². The molecule has 2 N–H and O–H groups in total. The molecule has 2 aromatic rings. The number of anilines is 1. The lowest BCUT2D eigenvalue weighted by atomic mass is 10.2. The van der Waals surface area contributed by atoms with Crippen molar-refractivity contribution in [3.63, 3.8) is 0 Å². The number of carbonyl (C=O) groups is 1. The molecule has 0 atom stereocenters. The van der Waals surface area contributed by atoms with Crippen LogP contribution in [0.3, 0.4) is 0 Å². The zero-order valence-electron chi connectivity index (χ0n) is 9.85. The predicted octanol–water partition coefficient (Wildman–Crippen LogP) is 1.08. The number of hydrogen-bond donors (Lipinski definition) is 1. The van der Waals surface area contributed by atoms with Gasteiger partial charge in [-0.25, -0.2) is 18.9 Å². The van der Waals surface area contributed by atoms with E-state index in [0.717, 1.165) is 0 Å². The van der Waals surface area contributed by atoms with Crippen molar-refractivity contribution in [2.75, 3.05) is 12.8 Å². The van der Waals surface area contributed by atoms with E-state index in [1.165, 1.54) is 30.3 Å². The van der Waals surface area contributed by atoms with E-state index in [4.69, 9.17) is 5.73 Å². The second-order valence-corrected chi connectivity index (χ2v) is 3.66. The van der Waals surface area contributed by atoms with Crippen LogP contribution in [0.25, 0.3) is 5.69 Å². The number of nitrogens with two attached hydrogens (primary N) is 1. The molecule has 6 nitrogen and oxygen atoms in total. The fourth-order valence-electron chi connectivity index (χ4n) is 1.44. The van der Waals surface area contributed by atoms with E-state index in [1.54, 1.807) is 6.92 Å². The number of halogens is 1. The van der Waals surface area contributed by atoms with Gasteiger partial charge >= 0.3 is 5.97 Å². The Balaban J connectivity index is 2.46. The molecular formula is C11H11FN4O2. The number of esters is 1. The molecule has 1 aromatic carbocycles. The lowest BCUT2D eigenvalue weighted by molar-refractivity contribution is 0.0587. The number of benzene rings is 1. The molecule has 0 amide bonds. The van der Waals surface area contributed by atoms with Crippen molar-refractivity contribution in [3.05, 3.63) is 35.7 Å². The first kappa shape index (κ1) is 12.0. The van der Waals surface area contributed by atoms with E-state index in [0.29, 0.717) is 11.3 Å². The lowest BCUT2D eigenvalue weighted by Crippen LogP contribution is -2.06. The molecule has 0 bridgehead atoms. The third-order valence-electron chi connectivity index (χ3n) is 2.41. The minimum Gasteiger partial charge on any atom is -0.463 e. The molecule has 0 radical (unpaired) electrons. The van der Waals surface area contributed by atoms with Crippen LogP contribution in [-0.2, 0) is 4.74 Å². The first-order valence-electron chi connectivity index (χ1n) is 5.09. The van der Waals surface area contributed by atoms with Crippen molar-refractivity contribution in [3.8, 4) is 5.69 Å². The number of carbonyl (C=O) groups excluding carboxylic acids is 1. The summed E-state index contributed by atoms with van der Waals surface area (Å²) >= 11 is 0. The molecule has 0 unspecified atom stereocenters. The molecule has 2 rings (SSSR count). The summed E-state index contributed by atoms with van der Waals surface area (Å²) in [6, 6.07) is 2.73. The van der Waals surface area contributed by atoms with E-state index in [-0.39, 0.29) is 11.5 Å². The van der Waals surface area contributed by atoms with Crippen molar-refractivity contribution in [1.29, 1.82) is 0 Å². The van der Waals surface area contributed by atoms with Gasteiger partial charge in [-0.2, -0.15) is 0 Å². The van der Waals surface area contributed by atoms with Gasteiger partial charge in [0.05, 0.1) is 18.5 Å². The van der Waals surface area contributed by atoms with Crippen LogP contribution >= 0.6 is 0 Å². The van der Waals surface area contributed by atoms with Gasteiger partial charge in [0.1, 0.15) is 12.1 Å². The van der Waals surface area contributed by atoms with Gasteiger partial charge < -0.3 is 10.5 Å². The van der Waals surface area contributed by atoms with Gasteiger partial charge in [0.25, 0.3) is 5.82 Å². The van der Waals surface area contributed by atoms with Crippen LogP contribution in [0.2, 0.25) is 0 Å². The fraction of sp³-hybridized carbons (Fsp3) is 0.182. The van der Waals surface area contributed by atoms with Crippen LogP contribution in [0.1, 0.15) is 16.2 Å². The molecule has 0 saturated heterocycles. The first-order valence-corrected chi connectivity index (χ1v) is 5.09. The quantitative estimate of drug-likeness (QED) is 0.637. The average molecular weight is 250 g/mol. The molecule has 18 heavy (non-hydrogen) atoms.